The van der Waals surface area contributed by atoms with Gasteiger partial charge in [0.1, 0.15) is 5.82 Å². The molecule has 0 aliphatic carbocycles. The Morgan fingerprint density at radius 2 is 2.11 bits per heavy atom. The van der Waals surface area contributed by atoms with Gasteiger partial charge in [-0.15, -0.1) is 0 Å². The molecule has 98 valence electrons. The van der Waals surface area contributed by atoms with Gasteiger partial charge < -0.3 is 15.7 Å². The molecule has 0 saturated heterocycles. The van der Waals surface area contributed by atoms with Crippen LogP contribution in [0.3, 0.4) is 0 Å². The van der Waals surface area contributed by atoms with E-state index < -0.39 is 5.97 Å². The Morgan fingerprint density at radius 1 is 1.44 bits per heavy atom. The fourth-order valence-corrected chi connectivity index (χ4v) is 1.42. The van der Waals surface area contributed by atoms with Crippen molar-refractivity contribution in [2.24, 2.45) is 0 Å². The zero-order chi connectivity index (χ0) is 13.7. The molecule has 0 fully saturated rings. The van der Waals surface area contributed by atoms with Crippen LogP contribution in [-0.2, 0) is 4.79 Å². The Kier molecular flexibility index (Phi) is 4.91. The third-order valence-corrected chi connectivity index (χ3v) is 2.23. The number of nitrogens with zero attached hydrogens (tertiary/aromatic N) is 1. The number of carbonyl (C=O) groups is 2. The molecule has 0 aromatic carbocycles. The number of carboxylic acids is 1. The first kappa shape index (κ1) is 14.2. The first-order valence-electron chi connectivity index (χ1n) is 5.33. The molecule has 1 rings (SSSR count). The van der Waals surface area contributed by atoms with Crippen molar-refractivity contribution >= 4 is 29.3 Å². The fraction of sp³-hybridized carbons (Fsp3) is 0.364. The molecule has 18 heavy (non-hydrogen) atoms. The molecule has 1 aromatic heterocycles. The van der Waals surface area contributed by atoms with Gasteiger partial charge in [0.25, 0.3) is 0 Å². The minimum atomic E-state index is -1.21. The second-order valence-corrected chi connectivity index (χ2v) is 4.32. The summed E-state index contributed by atoms with van der Waals surface area (Å²) in [7, 11) is 0. The van der Waals surface area contributed by atoms with Crippen molar-refractivity contribution in [2.75, 3.05) is 11.9 Å². The molecule has 1 aromatic rings. The van der Waals surface area contributed by atoms with Gasteiger partial charge in [0.2, 0.25) is 5.91 Å². The maximum Gasteiger partial charge on any atom is 0.356 e. The summed E-state index contributed by atoms with van der Waals surface area (Å²) in [5.41, 5.74) is -0.245. The van der Waals surface area contributed by atoms with Gasteiger partial charge in [-0.25, -0.2) is 9.78 Å². The van der Waals surface area contributed by atoms with E-state index in [2.05, 4.69) is 15.6 Å². The minimum absolute atomic E-state index is 0.0197. The number of carboxylic acid groups (broad SMARTS) is 1. The maximum atomic E-state index is 11.4. The Labute approximate surface area is 109 Å². The smallest absolute Gasteiger partial charge is 0.356 e. The van der Waals surface area contributed by atoms with Crippen LogP contribution in [0.4, 0.5) is 5.82 Å². The number of rotatable bonds is 5. The Hall–Kier alpha value is -1.82. The van der Waals surface area contributed by atoms with Crippen molar-refractivity contribution in [2.45, 2.75) is 19.9 Å². The molecule has 0 aliphatic rings. The summed E-state index contributed by atoms with van der Waals surface area (Å²) >= 11 is 5.67. The van der Waals surface area contributed by atoms with Crippen LogP contribution in [0.1, 0.15) is 24.3 Å². The average Bonchev–Trinajstić information content (AvgIpc) is 2.26. The summed E-state index contributed by atoms with van der Waals surface area (Å²) < 4.78 is 0. The predicted molar refractivity (Wildman–Crippen MR) is 68.0 cm³/mol. The number of aromatic nitrogens is 1. The van der Waals surface area contributed by atoms with Crippen LogP contribution in [0, 0.1) is 0 Å². The number of hydrogen-bond acceptors (Lipinski definition) is 4. The van der Waals surface area contributed by atoms with Gasteiger partial charge in [0.05, 0.1) is 11.6 Å². The van der Waals surface area contributed by atoms with Crippen LogP contribution in [0.25, 0.3) is 0 Å². The number of nitrogens with one attached hydrogen (secondary N) is 2. The van der Waals surface area contributed by atoms with Gasteiger partial charge >= 0.3 is 5.97 Å². The van der Waals surface area contributed by atoms with E-state index in [0.717, 1.165) is 0 Å². The normalized spacial score (nSPS) is 10.2. The maximum absolute atomic E-state index is 11.4. The van der Waals surface area contributed by atoms with E-state index in [1.165, 1.54) is 12.1 Å². The van der Waals surface area contributed by atoms with Crippen molar-refractivity contribution < 1.29 is 14.7 Å². The van der Waals surface area contributed by atoms with Gasteiger partial charge in [0, 0.05) is 6.04 Å². The lowest BCUT2D eigenvalue weighted by atomic mass is 10.3. The van der Waals surface area contributed by atoms with Gasteiger partial charge in [-0.05, 0) is 26.0 Å². The second kappa shape index (κ2) is 6.20. The number of hydrogen-bond donors (Lipinski definition) is 3. The molecule has 0 unspecified atom stereocenters. The van der Waals surface area contributed by atoms with Gasteiger partial charge in [-0.3, -0.25) is 4.79 Å². The molecular formula is C11H14ClN3O3. The summed E-state index contributed by atoms with van der Waals surface area (Å²) in [5.74, 6) is -1.12. The first-order valence-corrected chi connectivity index (χ1v) is 5.71. The van der Waals surface area contributed by atoms with Crippen LogP contribution in [-0.4, -0.2) is 34.6 Å². The summed E-state index contributed by atoms with van der Waals surface area (Å²) in [6.45, 7) is 3.72. The summed E-state index contributed by atoms with van der Waals surface area (Å²) in [6.07, 6.45) is 0. The Bertz CT molecular complexity index is 463. The highest BCUT2D eigenvalue weighted by atomic mass is 35.5. The van der Waals surface area contributed by atoms with Gasteiger partial charge in [-0.2, -0.15) is 0 Å². The van der Waals surface area contributed by atoms with E-state index in [-0.39, 0.29) is 35.0 Å². The number of carbonyl (C=O) groups excluding carboxylic acids is 1. The molecule has 0 saturated carbocycles. The standard InChI is InChI=1S/C11H14ClN3O3/c1-6(2)14-9(16)5-13-8-4-3-7(12)10(15-8)11(17)18/h3-4,6H,5H2,1-2H3,(H,13,15)(H,14,16)(H,17,18). The van der Waals surface area contributed by atoms with Gasteiger partial charge in [0.15, 0.2) is 5.69 Å². The highest BCUT2D eigenvalue weighted by molar-refractivity contribution is 6.33. The molecular weight excluding hydrogens is 258 g/mol. The van der Waals surface area contributed by atoms with E-state index in [1.807, 2.05) is 13.8 Å². The van der Waals surface area contributed by atoms with Crippen molar-refractivity contribution in [3.05, 3.63) is 22.8 Å². The zero-order valence-electron chi connectivity index (χ0n) is 10.0. The molecule has 1 amide bonds. The Balaban J connectivity index is 2.66. The number of aromatic carboxylic acids is 1. The van der Waals surface area contributed by atoms with Crippen LogP contribution in [0.5, 0.6) is 0 Å². The topological polar surface area (TPSA) is 91.3 Å². The Morgan fingerprint density at radius 3 is 2.67 bits per heavy atom. The van der Waals surface area contributed by atoms with Gasteiger partial charge in [-0.1, -0.05) is 11.6 Å². The lowest BCUT2D eigenvalue weighted by Gasteiger charge is -2.10. The summed E-state index contributed by atoms with van der Waals surface area (Å²) in [6, 6.07) is 2.98. The number of amides is 1. The van der Waals surface area contributed by atoms with Crippen molar-refractivity contribution in [3.63, 3.8) is 0 Å². The molecule has 0 aliphatic heterocycles. The quantitative estimate of drug-likeness (QED) is 0.752. The number of halogens is 1. The SMILES string of the molecule is CC(C)NC(=O)CNc1ccc(Cl)c(C(=O)O)n1. The van der Waals surface area contributed by atoms with E-state index in [0.29, 0.717) is 0 Å². The molecule has 0 radical (unpaired) electrons. The lowest BCUT2D eigenvalue weighted by molar-refractivity contribution is -0.119. The lowest BCUT2D eigenvalue weighted by Crippen LogP contribution is -2.35. The van der Waals surface area contributed by atoms with Crippen LogP contribution >= 0.6 is 11.6 Å². The predicted octanol–water partition coefficient (Wildman–Crippen LogP) is 1.37. The number of anilines is 1. The summed E-state index contributed by atoms with van der Waals surface area (Å²) in [4.78, 5) is 26.0. The summed E-state index contributed by atoms with van der Waals surface area (Å²) in [5, 5.41) is 14.3. The van der Waals surface area contributed by atoms with Crippen LogP contribution in [0.2, 0.25) is 5.02 Å². The zero-order valence-corrected chi connectivity index (χ0v) is 10.8. The van der Waals surface area contributed by atoms with E-state index in [4.69, 9.17) is 16.7 Å². The molecule has 1 heterocycles. The largest absolute Gasteiger partial charge is 0.476 e. The average molecular weight is 272 g/mol. The first-order chi connectivity index (χ1) is 8.40. The van der Waals surface area contributed by atoms with Crippen molar-refractivity contribution in [3.8, 4) is 0 Å². The molecule has 0 atom stereocenters. The van der Waals surface area contributed by atoms with Crippen molar-refractivity contribution in [1.82, 2.24) is 10.3 Å². The minimum Gasteiger partial charge on any atom is -0.476 e. The third-order valence-electron chi connectivity index (χ3n) is 1.93. The molecule has 3 N–H and O–H groups in total. The highest BCUT2D eigenvalue weighted by Gasteiger charge is 2.11. The van der Waals surface area contributed by atoms with Crippen LogP contribution in [0.15, 0.2) is 12.1 Å². The highest BCUT2D eigenvalue weighted by Crippen LogP contribution is 2.16. The monoisotopic (exact) mass is 271 g/mol. The van der Waals surface area contributed by atoms with Crippen LogP contribution < -0.4 is 10.6 Å². The molecule has 6 nitrogen and oxygen atoms in total. The fourth-order valence-electron chi connectivity index (χ4n) is 1.23. The molecule has 0 bridgehead atoms. The van der Waals surface area contributed by atoms with E-state index >= 15 is 0 Å². The molecule has 7 heteroatoms. The van der Waals surface area contributed by atoms with Crippen molar-refractivity contribution in [1.29, 1.82) is 0 Å². The second-order valence-electron chi connectivity index (χ2n) is 3.91. The number of pyridine rings is 1. The van der Waals surface area contributed by atoms with E-state index in [1.54, 1.807) is 0 Å². The van der Waals surface area contributed by atoms with E-state index in [9.17, 15) is 9.59 Å². The molecule has 0 spiro atoms. The third kappa shape index (κ3) is 4.21.